The van der Waals surface area contributed by atoms with Crippen LogP contribution in [0.1, 0.15) is 0 Å². The highest BCUT2D eigenvalue weighted by Crippen LogP contribution is 2.49. The van der Waals surface area contributed by atoms with Gasteiger partial charge in [-0.3, -0.25) is 4.57 Å². The number of fused-ring (bicyclic) bond motifs is 11. The summed E-state index contributed by atoms with van der Waals surface area (Å²) in [4.78, 5) is 10.8. The Morgan fingerprint density at radius 1 is 0.274 bits per heavy atom. The minimum absolute atomic E-state index is 0.660. The maximum absolute atomic E-state index is 5.44. The van der Waals surface area contributed by atoms with Gasteiger partial charge in [0.15, 0.2) is 0 Å². The largest absolute Gasteiger partial charge is 0.309 e. The number of aromatic nitrogens is 4. The van der Waals surface area contributed by atoms with E-state index in [-0.39, 0.29) is 0 Å². The van der Waals surface area contributed by atoms with E-state index in [1.54, 1.807) is 0 Å². The molecule has 0 aliphatic rings. The second kappa shape index (κ2) is 12.6. The number of para-hydroxylation sites is 3. The normalized spacial score (nSPS) is 12.2. The molecule has 0 amide bonds. The molecule has 0 fully saturated rings. The molecule has 0 atom stereocenters. The quantitative estimate of drug-likeness (QED) is 0.132. The van der Waals surface area contributed by atoms with Gasteiger partial charge in [-0.1, -0.05) is 164 Å². The third-order valence-electron chi connectivity index (χ3n) is 13.2. The number of rotatable bonds is 4. The van der Waals surface area contributed by atoms with Crippen LogP contribution in [-0.2, 0) is 0 Å². The first-order chi connectivity index (χ1) is 30.8. The first kappa shape index (κ1) is 33.5. The highest BCUT2D eigenvalue weighted by atomic mass is 15.2. The first-order valence-electron chi connectivity index (χ1n) is 21.3. The van der Waals surface area contributed by atoms with Crippen molar-refractivity contribution in [3.05, 3.63) is 206 Å². The second-order valence-corrected chi connectivity index (χ2v) is 16.5. The Hall–Kier alpha value is -8.34. The van der Waals surface area contributed by atoms with Crippen molar-refractivity contribution in [2.45, 2.75) is 0 Å². The Morgan fingerprint density at radius 2 is 0.742 bits per heavy atom. The third-order valence-corrected chi connectivity index (χ3v) is 13.2. The van der Waals surface area contributed by atoms with Crippen molar-refractivity contribution >= 4 is 97.6 Å². The zero-order chi connectivity index (χ0) is 40.5. The molecule has 0 bridgehead atoms. The van der Waals surface area contributed by atoms with Crippen LogP contribution in [0.2, 0.25) is 0 Å². The molecule has 11 aromatic carbocycles. The van der Waals surface area contributed by atoms with Gasteiger partial charge in [-0.05, 0) is 96.7 Å². The maximum Gasteiger partial charge on any atom is 0.235 e. The summed E-state index contributed by atoms with van der Waals surface area (Å²) in [5.74, 6) is 0.660. The Morgan fingerprint density at radius 3 is 1.37 bits per heavy atom. The van der Waals surface area contributed by atoms with Crippen molar-refractivity contribution in [1.29, 1.82) is 0 Å². The van der Waals surface area contributed by atoms with E-state index in [0.717, 1.165) is 38.9 Å². The number of hydrogen-bond acceptors (Lipinski definition) is 2. The Bertz CT molecular complexity index is 4120. The molecule has 4 nitrogen and oxygen atoms in total. The Labute approximate surface area is 355 Å². The third kappa shape index (κ3) is 4.55. The number of benzene rings is 11. The lowest BCUT2D eigenvalue weighted by Gasteiger charge is -2.17. The summed E-state index contributed by atoms with van der Waals surface area (Å²) >= 11 is 0. The molecular weight excluding hydrogens is 753 g/mol. The zero-order valence-electron chi connectivity index (χ0n) is 33.4. The van der Waals surface area contributed by atoms with Crippen LogP contribution in [0, 0.1) is 0 Å². The minimum atomic E-state index is 0.660. The average Bonchev–Trinajstić information content (AvgIpc) is 3.86. The summed E-state index contributed by atoms with van der Waals surface area (Å²) in [6.07, 6.45) is 0. The van der Waals surface area contributed by atoms with Gasteiger partial charge in [0.25, 0.3) is 0 Å². The summed E-state index contributed by atoms with van der Waals surface area (Å²) in [6.45, 7) is 0. The number of hydrogen-bond donors (Lipinski definition) is 0. The van der Waals surface area contributed by atoms with E-state index in [1.165, 1.54) is 86.8 Å². The van der Waals surface area contributed by atoms with Crippen LogP contribution >= 0.6 is 0 Å². The van der Waals surface area contributed by atoms with E-state index in [0.29, 0.717) is 5.95 Å². The molecule has 62 heavy (non-hydrogen) atoms. The fraction of sp³-hybridized carbons (Fsp3) is 0. The molecular formula is C58H34N4. The molecule has 0 saturated heterocycles. The van der Waals surface area contributed by atoms with E-state index in [1.807, 2.05) is 0 Å². The van der Waals surface area contributed by atoms with Gasteiger partial charge in [0.2, 0.25) is 5.95 Å². The molecule has 14 rings (SSSR count). The van der Waals surface area contributed by atoms with E-state index >= 15 is 0 Å². The molecule has 3 heterocycles. The minimum Gasteiger partial charge on any atom is -0.309 e. The van der Waals surface area contributed by atoms with Crippen LogP contribution in [0.4, 0.5) is 0 Å². The highest BCUT2D eigenvalue weighted by molar-refractivity contribution is 6.41. The topological polar surface area (TPSA) is 35.6 Å². The monoisotopic (exact) mass is 786 g/mol. The van der Waals surface area contributed by atoms with Crippen molar-refractivity contribution in [2.75, 3.05) is 0 Å². The standard InChI is InChI=1S/C58H34N4/c1-3-15-35(16-4-1)36-29-31-38(32-30-36)61-49-27-11-8-20-42(49)55-44-24-13-22-39-40-23-14-25-45-54(40)47(46(53(39)44)33-51(55)61)34-52-56(45)43-21-9-12-28-50(43)62(52)58-59-48-26-10-7-19-41(48)57(60-58)37-17-5-2-6-18-37/h1-34H. The smallest absolute Gasteiger partial charge is 0.235 e. The molecule has 0 aliphatic heterocycles. The van der Waals surface area contributed by atoms with Gasteiger partial charge in [-0.15, -0.1) is 0 Å². The molecule has 3 aromatic heterocycles. The summed E-state index contributed by atoms with van der Waals surface area (Å²) in [7, 11) is 0. The Kier molecular flexibility index (Phi) is 6.80. The van der Waals surface area contributed by atoms with Gasteiger partial charge in [-0.2, -0.15) is 0 Å². The predicted molar refractivity (Wildman–Crippen MR) is 260 cm³/mol. The van der Waals surface area contributed by atoms with Crippen LogP contribution in [0.5, 0.6) is 0 Å². The molecule has 0 N–H and O–H groups in total. The summed E-state index contributed by atoms with van der Waals surface area (Å²) in [5.41, 5.74) is 11.0. The molecule has 14 aromatic rings. The van der Waals surface area contributed by atoms with Gasteiger partial charge < -0.3 is 4.57 Å². The van der Waals surface area contributed by atoms with Crippen molar-refractivity contribution in [1.82, 2.24) is 19.1 Å². The van der Waals surface area contributed by atoms with Crippen molar-refractivity contribution in [2.24, 2.45) is 0 Å². The van der Waals surface area contributed by atoms with Crippen LogP contribution in [0.15, 0.2) is 206 Å². The average molecular weight is 787 g/mol. The lowest BCUT2D eigenvalue weighted by molar-refractivity contribution is 1.01. The lowest BCUT2D eigenvalue weighted by Crippen LogP contribution is -2.03. The van der Waals surface area contributed by atoms with Crippen molar-refractivity contribution < 1.29 is 0 Å². The maximum atomic E-state index is 5.44. The van der Waals surface area contributed by atoms with Crippen molar-refractivity contribution in [3.63, 3.8) is 0 Å². The van der Waals surface area contributed by atoms with Crippen LogP contribution in [0.3, 0.4) is 0 Å². The summed E-state index contributed by atoms with van der Waals surface area (Å²) in [6, 6.07) is 74.8. The molecule has 0 spiro atoms. The van der Waals surface area contributed by atoms with Gasteiger partial charge in [-0.25, -0.2) is 9.97 Å². The van der Waals surface area contributed by atoms with E-state index in [4.69, 9.17) is 9.97 Å². The number of nitrogens with zero attached hydrogens (tertiary/aromatic N) is 4. The van der Waals surface area contributed by atoms with E-state index < -0.39 is 0 Å². The predicted octanol–water partition coefficient (Wildman–Crippen LogP) is 15.2. The molecule has 4 heteroatoms. The second-order valence-electron chi connectivity index (χ2n) is 16.5. The molecule has 0 unspecified atom stereocenters. The van der Waals surface area contributed by atoms with Crippen LogP contribution in [0.25, 0.3) is 132 Å². The van der Waals surface area contributed by atoms with Gasteiger partial charge in [0.1, 0.15) is 0 Å². The molecule has 286 valence electrons. The summed E-state index contributed by atoms with van der Waals surface area (Å²) in [5, 5.41) is 16.0. The molecule has 0 aliphatic carbocycles. The lowest BCUT2D eigenvalue weighted by atomic mass is 9.87. The van der Waals surface area contributed by atoms with Crippen LogP contribution < -0.4 is 0 Å². The zero-order valence-corrected chi connectivity index (χ0v) is 33.4. The van der Waals surface area contributed by atoms with E-state index in [9.17, 15) is 0 Å². The van der Waals surface area contributed by atoms with Gasteiger partial charge in [0.05, 0.1) is 33.3 Å². The van der Waals surface area contributed by atoms with Gasteiger partial charge >= 0.3 is 0 Å². The molecule has 0 radical (unpaired) electrons. The highest BCUT2D eigenvalue weighted by Gasteiger charge is 2.24. The van der Waals surface area contributed by atoms with Gasteiger partial charge in [0, 0.05) is 38.2 Å². The Balaban J connectivity index is 1.13. The van der Waals surface area contributed by atoms with Crippen molar-refractivity contribution in [3.8, 4) is 34.0 Å². The van der Waals surface area contributed by atoms with E-state index in [2.05, 4.69) is 215 Å². The fourth-order valence-corrected chi connectivity index (χ4v) is 10.7. The summed E-state index contributed by atoms with van der Waals surface area (Å²) < 4.78 is 4.76. The fourth-order valence-electron chi connectivity index (χ4n) is 10.7. The van der Waals surface area contributed by atoms with Crippen LogP contribution in [-0.4, -0.2) is 19.1 Å². The molecule has 0 saturated carbocycles. The first-order valence-corrected chi connectivity index (χ1v) is 21.3. The SMILES string of the molecule is c1ccc(-c2ccc(-n3c4ccccc4c4c5cccc6c7cccc8c7c(cc7c8c8ccccc8n7-c7nc(-c8ccccc8)c8ccccc8n7)c(cc43)c65)cc2)cc1.